The van der Waals surface area contributed by atoms with Gasteiger partial charge in [0.15, 0.2) is 0 Å². The van der Waals surface area contributed by atoms with Crippen LogP contribution in [0.1, 0.15) is 18.4 Å². The number of anilines is 2. The van der Waals surface area contributed by atoms with Crippen LogP contribution < -0.4 is 15.0 Å². The van der Waals surface area contributed by atoms with Gasteiger partial charge in [0.05, 0.1) is 18.6 Å². The first-order valence-electron chi connectivity index (χ1n) is 8.64. The molecule has 7 nitrogen and oxygen atoms in total. The van der Waals surface area contributed by atoms with Crippen molar-refractivity contribution >= 4 is 17.1 Å². The van der Waals surface area contributed by atoms with Crippen molar-refractivity contribution in [2.75, 3.05) is 30.4 Å². The number of nitrogens with one attached hydrogen (secondary N) is 1. The second-order valence-electron chi connectivity index (χ2n) is 6.40. The third-order valence-corrected chi connectivity index (χ3v) is 4.64. The topological polar surface area (TPSA) is 87.9 Å². The van der Waals surface area contributed by atoms with Gasteiger partial charge in [-0.05, 0) is 42.7 Å². The Morgan fingerprint density at radius 3 is 2.92 bits per heavy atom. The maximum Gasteiger partial charge on any atom is 0.292 e. The number of methoxy groups -OCH3 is 1. The minimum absolute atomic E-state index is 0.0284. The highest BCUT2D eigenvalue weighted by atomic mass is 16.6. The van der Waals surface area contributed by atoms with Crippen molar-refractivity contribution in [3.63, 3.8) is 0 Å². The van der Waals surface area contributed by atoms with Crippen LogP contribution in [-0.4, -0.2) is 36.3 Å². The molecule has 2 N–H and O–H groups in total. The Morgan fingerprint density at radius 1 is 1.35 bits per heavy atom. The lowest BCUT2D eigenvalue weighted by molar-refractivity contribution is -0.384. The second-order valence-corrected chi connectivity index (χ2v) is 6.40. The zero-order chi connectivity index (χ0) is 18.5. The van der Waals surface area contributed by atoms with Crippen LogP contribution in [0.25, 0.3) is 0 Å². The van der Waals surface area contributed by atoms with Crippen molar-refractivity contribution in [1.29, 1.82) is 0 Å². The monoisotopic (exact) mass is 357 g/mol. The predicted octanol–water partition coefficient (Wildman–Crippen LogP) is 3.18. The molecule has 0 aliphatic carbocycles. The van der Waals surface area contributed by atoms with Crippen LogP contribution in [0.2, 0.25) is 0 Å². The molecule has 0 aromatic heterocycles. The van der Waals surface area contributed by atoms with Crippen molar-refractivity contribution in [3.05, 3.63) is 58.1 Å². The van der Waals surface area contributed by atoms with Gasteiger partial charge < -0.3 is 20.1 Å². The van der Waals surface area contributed by atoms with E-state index in [2.05, 4.69) is 10.2 Å². The fraction of sp³-hybridized carbons (Fsp3) is 0.368. The summed E-state index contributed by atoms with van der Waals surface area (Å²) in [6, 6.07) is 12.7. The number of nitro groups is 1. The number of piperidine rings is 1. The van der Waals surface area contributed by atoms with Crippen LogP contribution in [0.5, 0.6) is 5.75 Å². The number of aliphatic hydroxyl groups excluding tert-OH is 1. The Bertz CT molecular complexity index is 781. The summed E-state index contributed by atoms with van der Waals surface area (Å²) in [6.45, 7) is 1.53. The van der Waals surface area contributed by atoms with Crippen LogP contribution in [0.3, 0.4) is 0 Å². The molecule has 0 spiro atoms. The average Bonchev–Trinajstić information content (AvgIpc) is 2.68. The molecular weight excluding hydrogens is 334 g/mol. The van der Waals surface area contributed by atoms with Gasteiger partial charge in [-0.25, -0.2) is 0 Å². The number of ether oxygens (including phenoxy) is 1. The van der Waals surface area contributed by atoms with E-state index < -0.39 is 4.92 Å². The molecule has 0 bridgehead atoms. The normalized spacial score (nSPS) is 17.0. The first kappa shape index (κ1) is 18.0. The van der Waals surface area contributed by atoms with Gasteiger partial charge in [-0.15, -0.1) is 0 Å². The zero-order valence-electron chi connectivity index (χ0n) is 14.7. The van der Waals surface area contributed by atoms with E-state index in [-0.39, 0.29) is 18.3 Å². The van der Waals surface area contributed by atoms with E-state index >= 15 is 0 Å². The third kappa shape index (κ3) is 4.05. The van der Waals surface area contributed by atoms with E-state index in [0.717, 1.165) is 37.4 Å². The Balaban J connectivity index is 1.77. The molecule has 0 amide bonds. The third-order valence-electron chi connectivity index (χ3n) is 4.64. The number of aliphatic hydroxyl groups is 1. The molecule has 1 unspecified atom stereocenters. The molecule has 1 aliphatic rings. The molecule has 7 heteroatoms. The minimum Gasteiger partial charge on any atom is -0.497 e. The molecule has 138 valence electrons. The molecule has 3 rings (SSSR count). The summed E-state index contributed by atoms with van der Waals surface area (Å²) in [6.07, 6.45) is 1.92. The molecule has 1 fully saturated rings. The van der Waals surface area contributed by atoms with Gasteiger partial charge in [-0.2, -0.15) is 0 Å². The highest BCUT2D eigenvalue weighted by molar-refractivity contribution is 5.63. The summed E-state index contributed by atoms with van der Waals surface area (Å²) in [5.74, 6) is 0.809. The second kappa shape index (κ2) is 8.05. The van der Waals surface area contributed by atoms with E-state index in [0.29, 0.717) is 11.3 Å². The Hall–Kier alpha value is -2.80. The van der Waals surface area contributed by atoms with Crippen LogP contribution in [0.4, 0.5) is 17.1 Å². The van der Waals surface area contributed by atoms with Crippen molar-refractivity contribution in [2.45, 2.75) is 25.5 Å². The number of rotatable bonds is 6. The summed E-state index contributed by atoms with van der Waals surface area (Å²) in [7, 11) is 1.65. The first-order valence-corrected chi connectivity index (χ1v) is 8.64. The van der Waals surface area contributed by atoms with Crippen LogP contribution in [0, 0.1) is 10.1 Å². The highest BCUT2D eigenvalue weighted by Crippen LogP contribution is 2.29. The van der Waals surface area contributed by atoms with E-state index in [4.69, 9.17) is 4.74 Å². The molecule has 1 saturated heterocycles. The van der Waals surface area contributed by atoms with Gasteiger partial charge in [0, 0.05) is 37.0 Å². The number of hydrogen-bond acceptors (Lipinski definition) is 6. The Kier molecular flexibility index (Phi) is 5.58. The Labute approximate surface area is 152 Å². The van der Waals surface area contributed by atoms with Crippen molar-refractivity contribution in [3.8, 4) is 5.75 Å². The standard InChI is InChI=1S/C19H23N3O4/c1-26-17-6-2-5-16(11-17)21-9-3-4-15(12-21)20-18-10-14(13-23)7-8-19(18)22(24)25/h2,5-8,10-11,15,20,23H,3-4,9,12-13H2,1H3. The van der Waals surface area contributed by atoms with E-state index in [1.54, 1.807) is 19.2 Å². The van der Waals surface area contributed by atoms with Crippen molar-refractivity contribution < 1.29 is 14.8 Å². The van der Waals surface area contributed by atoms with Gasteiger partial charge in [-0.3, -0.25) is 10.1 Å². The summed E-state index contributed by atoms with van der Waals surface area (Å²) in [5.41, 5.74) is 2.22. The lowest BCUT2D eigenvalue weighted by Gasteiger charge is -2.35. The maximum atomic E-state index is 11.3. The molecule has 1 atom stereocenters. The first-order chi connectivity index (χ1) is 12.6. The minimum atomic E-state index is -0.397. The summed E-state index contributed by atoms with van der Waals surface area (Å²) in [5, 5.41) is 23.9. The summed E-state index contributed by atoms with van der Waals surface area (Å²) in [4.78, 5) is 13.2. The number of nitrogens with zero attached hydrogens (tertiary/aromatic N) is 2. The Morgan fingerprint density at radius 2 is 2.19 bits per heavy atom. The van der Waals surface area contributed by atoms with Crippen LogP contribution in [0.15, 0.2) is 42.5 Å². The van der Waals surface area contributed by atoms with Gasteiger partial charge in [0.25, 0.3) is 5.69 Å². The highest BCUT2D eigenvalue weighted by Gasteiger charge is 2.23. The molecule has 0 saturated carbocycles. The quantitative estimate of drug-likeness (QED) is 0.610. The van der Waals surface area contributed by atoms with E-state index in [1.165, 1.54) is 6.07 Å². The van der Waals surface area contributed by atoms with E-state index in [1.807, 2.05) is 24.3 Å². The SMILES string of the molecule is COc1cccc(N2CCCC(Nc3cc(CO)ccc3[N+](=O)[O-])C2)c1. The number of nitro benzene ring substituents is 1. The van der Waals surface area contributed by atoms with E-state index in [9.17, 15) is 15.2 Å². The fourth-order valence-electron chi connectivity index (χ4n) is 3.31. The maximum absolute atomic E-state index is 11.3. The molecule has 1 heterocycles. The smallest absolute Gasteiger partial charge is 0.292 e. The molecule has 2 aromatic carbocycles. The van der Waals surface area contributed by atoms with Crippen molar-refractivity contribution in [1.82, 2.24) is 0 Å². The van der Waals surface area contributed by atoms with Crippen LogP contribution in [-0.2, 0) is 6.61 Å². The predicted molar refractivity (Wildman–Crippen MR) is 101 cm³/mol. The average molecular weight is 357 g/mol. The molecule has 0 radical (unpaired) electrons. The summed E-state index contributed by atoms with van der Waals surface area (Å²) >= 11 is 0. The van der Waals surface area contributed by atoms with Gasteiger partial charge in [0.2, 0.25) is 0 Å². The lowest BCUT2D eigenvalue weighted by Crippen LogP contribution is -2.42. The van der Waals surface area contributed by atoms with Crippen LogP contribution >= 0.6 is 0 Å². The largest absolute Gasteiger partial charge is 0.497 e. The zero-order valence-corrected chi connectivity index (χ0v) is 14.7. The number of hydrogen-bond donors (Lipinski definition) is 2. The van der Waals surface area contributed by atoms with Gasteiger partial charge in [-0.1, -0.05) is 6.07 Å². The summed E-state index contributed by atoms with van der Waals surface area (Å²) < 4.78 is 5.29. The molecule has 2 aromatic rings. The number of benzene rings is 2. The van der Waals surface area contributed by atoms with Crippen molar-refractivity contribution in [2.24, 2.45) is 0 Å². The van der Waals surface area contributed by atoms with Gasteiger partial charge in [0.1, 0.15) is 11.4 Å². The fourth-order valence-corrected chi connectivity index (χ4v) is 3.31. The molecule has 1 aliphatic heterocycles. The molecular formula is C19H23N3O4. The van der Waals surface area contributed by atoms with Gasteiger partial charge >= 0.3 is 0 Å². The molecule has 26 heavy (non-hydrogen) atoms. The lowest BCUT2D eigenvalue weighted by atomic mass is 10.0.